The Labute approximate surface area is 293 Å². The molecule has 51 heavy (non-hydrogen) atoms. The zero-order valence-corrected chi connectivity index (χ0v) is 27.5. The van der Waals surface area contributed by atoms with Gasteiger partial charge in [0.05, 0.1) is 11.0 Å². The molecule has 3 heterocycles. The van der Waals surface area contributed by atoms with E-state index in [1.165, 1.54) is 10.8 Å². The Hall–Kier alpha value is -6.84. The Kier molecular flexibility index (Phi) is 5.96. The molecule has 11 aromatic rings. The SMILES string of the molecule is c1ccc(-c2cccc3c2oc2c(-c4ccccc4)cc(-c4ccc(-n5c6ccccc6c6ccc7c8ccccc8oc7c65)cc4)cc23)cc1. The van der Waals surface area contributed by atoms with Crippen LogP contribution in [0.25, 0.3) is 105 Å². The molecule has 0 atom stereocenters. The maximum atomic E-state index is 6.81. The summed E-state index contributed by atoms with van der Waals surface area (Å²) in [4.78, 5) is 0. The molecule has 0 amide bonds. The van der Waals surface area contributed by atoms with Gasteiger partial charge in [-0.05, 0) is 64.7 Å². The van der Waals surface area contributed by atoms with Crippen molar-refractivity contribution in [1.82, 2.24) is 4.57 Å². The van der Waals surface area contributed by atoms with E-state index in [-0.39, 0.29) is 0 Å². The van der Waals surface area contributed by atoms with Gasteiger partial charge in [-0.15, -0.1) is 0 Å². The van der Waals surface area contributed by atoms with Gasteiger partial charge in [0.25, 0.3) is 0 Å². The number of benzene rings is 8. The Bertz CT molecular complexity index is 3110. The lowest BCUT2D eigenvalue weighted by atomic mass is 9.95. The molecule has 11 rings (SSSR count). The predicted molar refractivity (Wildman–Crippen MR) is 212 cm³/mol. The van der Waals surface area contributed by atoms with E-state index in [4.69, 9.17) is 8.83 Å². The molecule has 0 N–H and O–H groups in total. The van der Waals surface area contributed by atoms with E-state index in [1.54, 1.807) is 0 Å². The molecule has 238 valence electrons. The maximum Gasteiger partial charge on any atom is 0.160 e. The Morgan fingerprint density at radius 3 is 1.76 bits per heavy atom. The minimum atomic E-state index is 0.902. The molecule has 0 aliphatic rings. The van der Waals surface area contributed by atoms with E-state index in [0.29, 0.717) is 0 Å². The average molecular weight is 652 g/mol. The number of nitrogens with zero attached hydrogens (tertiary/aromatic N) is 1. The summed E-state index contributed by atoms with van der Waals surface area (Å²) in [7, 11) is 0. The number of aromatic nitrogens is 1. The second-order valence-corrected chi connectivity index (χ2v) is 13.3. The fourth-order valence-corrected chi connectivity index (χ4v) is 8.05. The van der Waals surface area contributed by atoms with Crippen LogP contribution in [0.1, 0.15) is 0 Å². The fourth-order valence-electron chi connectivity index (χ4n) is 8.05. The van der Waals surface area contributed by atoms with Crippen LogP contribution >= 0.6 is 0 Å². The van der Waals surface area contributed by atoms with Gasteiger partial charge in [-0.1, -0.05) is 133 Å². The zero-order valence-electron chi connectivity index (χ0n) is 27.5. The average Bonchev–Trinajstić information content (AvgIpc) is 3.88. The summed E-state index contributed by atoms with van der Waals surface area (Å²) in [6, 6.07) is 62.4. The van der Waals surface area contributed by atoms with E-state index in [0.717, 1.165) is 94.0 Å². The predicted octanol–water partition coefficient (Wildman–Crippen LogP) is 13.6. The smallest absolute Gasteiger partial charge is 0.160 e. The molecule has 0 radical (unpaired) electrons. The van der Waals surface area contributed by atoms with Crippen LogP contribution in [0.5, 0.6) is 0 Å². The number of hydrogen-bond acceptors (Lipinski definition) is 2. The Morgan fingerprint density at radius 1 is 0.333 bits per heavy atom. The quantitative estimate of drug-likeness (QED) is 0.190. The first-order chi connectivity index (χ1) is 25.3. The topological polar surface area (TPSA) is 31.2 Å². The lowest BCUT2D eigenvalue weighted by Crippen LogP contribution is -1.94. The van der Waals surface area contributed by atoms with E-state index in [9.17, 15) is 0 Å². The molecule has 0 aliphatic heterocycles. The van der Waals surface area contributed by atoms with E-state index in [2.05, 4.69) is 168 Å². The largest absolute Gasteiger partial charge is 0.455 e. The second kappa shape index (κ2) is 10.8. The lowest BCUT2D eigenvalue weighted by molar-refractivity contribution is 0.671. The first-order valence-electron chi connectivity index (χ1n) is 17.3. The van der Waals surface area contributed by atoms with Gasteiger partial charge < -0.3 is 13.4 Å². The highest BCUT2D eigenvalue weighted by Crippen LogP contribution is 2.43. The van der Waals surface area contributed by atoms with Crippen molar-refractivity contribution in [2.75, 3.05) is 0 Å². The molecule has 0 aliphatic carbocycles. The molecule has 3 aromatic heterocycles. The minimum Gasteiger partial charge on any atom is -0.455 e. The van der Waals surface area contributed by atoms with E-state index >= 15 is 0 Å². The normalized spacial score (nSPS) is 11.9. The van der Waals surface area contributed by atoms with Crippen LogP contribution in [0.3, 0.4) is 0 Å². The van der Waals surface area contributed by atoms with Crippen LogP contribution in [0.2, 0.25) is 0 Å². The van der Waals surface area contributed by atoms with Crippen molar-refractivity contribution in [1.29, 1.82) is 0 Å². The van der Waals surface area contributed by atoms with Crippen molar-refractivity contribution in [3.05, 3.63) is 176 Å². The highest BCUT2D eigenvalue weighted by molar-refractivity contribution is 6.21. The van der Waals surface area contributed by atoms with Crippen molar-refractivity contribution >= 4 is 65.7 Å². The number of fused-ring (bicyclic) bond motifs is 10. The summed E-state index contributed by atoms with van der Waals surface area (Å²) >= 11 is 0. The monoisotopic (exact) mass is 651 g/mol. The Morgan fingerprint density at radius 2 is 0.961 bits per heavy atom. The summed E-state index contributed by atoms with van der Waals surface area (Å²) in [6.07, 6.45) is 0. The molecule has 0 fully saturated rings. The Balaban J connectivity index is 1.12. The standard InChI is InChI=1S/C48H29NO2/c1-3-12-31(13-4-1)35-18-11-19-39-42-29-33(28-41(47(42)51-46(35)39)32-14-5-2-6-15-32)30-22-24-34(25-23-30)49-43-20-9-7-16-36(43)38-26-27-40-37-17-8-10-21-44(37)50-48(40)45(38)49/h1-29H. The third kappa shape index (κ3) is 4.19. The summed E-state index contributed by atoms with van der Waals surface area (Å²) in [5.74, 6) is 0. The first kappa shape index (κ1) is 28.0. The number of para-hydroxylation sites is 3. The van der Waals surface area contributed by atoms with Crippen molar-refractivity contribution in [2.24, 2.45) is 0 Å². The molecule has 0 saturated carbocycles. The van der Waals surface area contributed by atoms with Gasteiger partial charge in [0.1, 0.15) is 16.7 Å². The van der Waals surface area contributed by atoms with Gasteiger partial charge in [-0.3, -0.25) is 0 Å². The minimum absolute atomic E-state index is 0.902. The van der Waals surface area contributed by atoms with Crippen LogP contribution in [-0.4, -0.2) is 4.57 Å². The van der Waals surface area contributed by atoms with E-state index < -0.39 is 0 Å². The summed E-state index contributed by atoms with van der Waals surface area (Å²) in [5, 5.41) is 6.87. The molecule has 0 unspecified atom stereocenters. The molecule has 3 nitrogen and oxygen atoms in total. The summed E-state index contributed by atoms with van der Waals surface area (Å²) in [6.45, 7) is 0. The van der Waals surface area contributed by atoms with Gasteiger partial charge in [0.15, 0.2) is 5.58 Å². The molecular weight excluding hydrogens is 623 g/mol. The fraction of sp³-hybridized carbons (Fsp3) is 0. The number of furan rings is 2. The van der Waals surface area contributed by atoms with Crippen LogP contribution in [0.4, 0.5) is 0 Å². The van der Waals surface area contributed by atoms with Gasteiger partial charge >= 0.3 is 0 Å². The molecule has 0 bridgehead atoms. The molecule has 0 saturated heterocycles. The molecular formula is C48H29NO2. The van der Waals surface area contributed by atoms with Crippen LogP contribution in [0, 0.1) is 0 Å². The van der Waals surface area contributed by atoms with E-state index in [1.807, 2.05) is 12.1 Å². The van der Waals surface area contributed by atoms with Crippen LogP contribution in [-0.2, 0) is 0 Å². The van der Waals surface area contributed by atoms with Crippen LogP contribution in [0.15, 0.2) is 185 Å². The maximum absolute atomic E-state index is 6.81. The van der Waals surface area contributed by atoms with Crippen molar-refractivity contribution < 1.29 is 8.83 Å². The highest BCUT2D eigenvalue weighted by Gasteiger charge is 2.20. The van der Waals surface area contributed by atoms with Gasteiger partial charge in [-0.25, -0.2) is 0 Å². The first-order valence-corrected chi connectivity index (χ1v) is 17.3. The third-order valence-corrected chi connectivity index (χ3v) is 10.4. The summed E-state index contributed by atoms with van der Waals surface area (Å²) < 4.78 is 15.7. The molecule has 3 heteroatoms. The van der Waals surface area contributed by atoms with Crippen molar-refractivity contribution in [3.63, 3.8) is 0 Å². The van der Waals surface area contributed by atoms with Crippen molar-refractivity contribution in [3.8, 4) is 39.1 Å². The second-order valence-electron chi connectivity index (χ2n) is 13.3. The van der Waals surface area contributed by atoms with Gasteiger partial charge in [0.2, 0.25) is 0 Å². The zero-order chi connectivity index (χ0) is 33.5. The number of rotatable bonds is 4. The highest BCUT2D eigenvalue weighted by atomic mass is 16.3. The van der Waals surface area contributed by atoms with Crippen molar-refractivity contribution in [2.45, 2.75) is 0 Å². The van der Waals surface area contributed by atoms with Gasteiger partial charge in [0, 0.05) is 49.1 Å². The number of hydrogen-bond donors (Lipinski definition) is 0. The molecule has 8 aromatic carbocycles. The third-order valence-electron chi connectivity index (χ3n) is 10.4. The van der Waals surface area contributed by atoms with Crippen LogP contribution < -0.4 is 0 Å². The molecule has 0 spiro atoms. The lowest BCUT2D eigenvalue weighted by Gasteiger charge is -2.11. The van der Waals surface area contributed by atoms with Gasteiger partial charge in [-0.2, -0.15) is 0 Å². The summed E-state index contributed by atoms with van der Waals surface area (Å²) in [5.41, 5.74) is 13.7.